The maximum Gasteiger partial charge on any atom is 0.229 e. The van der Waals surface area contributed by atoms with E-state index in [1.54, 1.807) is 0 Å². The predicted molar refractivity (Wildman–Crippen MR) is 60.9 cm³/mol. The van der Waals surface area contributed by atoms with Crippen molar-refractivity contribution in [3.8, 4) is 0 Å². The number of likely N-dealkylation sites (tertiary alicyclic amines) is 1. The Bertz CT molecular complexity index is 336. The van der Waals surface area contributed by atoms with E-state index in [-0.39, 0.29) is 0 Å². The summed E-state index contributed by atoms with van der Waals surface area (Å²) in [6.07, 6.45) is 2.40. The van der Waals surface area contributed by atoms with Gasteiger partial charge in [0, 0.05) is 18.5 Å². The molecule has 2 heterocycles. The molecular formula is C11H20N4O. The molecule has 1 fully saturated rings. The van der Waals surface area contributed by atoms with Gasteiger partial charge < -0.3 is 10.3 Å². The standard InChI is InChI=1S/C11H20N4O/c1-8(2)11-13-10(14-16-11)7-15-5-3-4-9(15)6-12/h8-9H,3-7,12H2,1-2H3. The molecule has 1 aromatic rings. The summed E-state index contributed by atoms with van der Waals surface area (Å²) < 4.78 is 5.19. The van der Waals surface area contributed by atoms with E-state index >= 15 is 0 Å². The van der Waals surface area contributed by atoms with Crippen LogP contribution in [0.4, 0.5) is 0 Å². The predicted octanol–water partition coefficient (Wildman–Crippen LogP) is 1.12. The molecular weight excluding hydrogens is 204 g/mol. The van der Waals surface area contributed by atoms with Crippen molar-refractivity contribution < 1.29 is 4.52 Å². The molecule has 1 aromatic heterocycles. The molecule has 5 nitrogen and oxygen atoms in total. The summed E-state index contributed by atoms with van der Waals surface area (Å²) >= 11 is 0. The fourth-order valence-electron chi connectivity index (χ4n) is 2.12. The third kappa shape index (κ3) is 2.41. The molecule has 1 aliphatic rings. The first-order chi connectivity index (χ1) is 7.70. The summed E-state index contributed by atoms with van der Waals surface area (Å²) in [7, 11) is 0. The van der Waals surface area contributed by atoms with Crippen LogP contribution in [0.25, 0.3) is 0 Å². The summed E-state index contributed by atoms with van der Waals surface area (Å²) in [4.78, 5) is 6.72. The van der Waals surface area contributed by atoms with Gasteiger partial charge in [-0.15, -0.1) is 0 Å². The summed E-state index contributed by atoms with van der Waals surface area (Å²) in [6, 6.07) is 0.487. The molecule has 0 saturated carbocycles. The zero-order chi connectivity index (χ0) is 11.5. The summed E-state index contributed by atoms with van der Waals surface area (Å²) in [6.45, 7) is 6.67. The Morgan fingerprint density at radius 2 is 2.38 bits per heavy atom. The molecule has 1 atom stereocenters. The fraction of sp³-hybridized carbons (Fsp3) is 0.818. The van der Waals surface area contributed by atoms with Crippen molar-refractivity contribution in [3.63, 3.8) is 0 Å². The first kappa shape index (κ1) is 11.5. The van der Waals surface area contributed by atoms with Crippen LogP contribution in [0.1, 0.15) is 44.3 Å². The van der Waals surface area contributed by atoms with Gasteiger partial charge in [-0.05, 0) is 19.4 Å². The molecule has 2 N–H and O–H groups in total. The van der Waals surface area contributed by atoms with E-state index in [0.717, 1.165) is 31.3 Å². The van der Waals surface area contributed by atoms with E-state index in [0.29, 0.717) is 12.0 Å². The van der Waals surface area contributed by atoms with Crippen LogP contribution in [0.2, 0.25) is 0 Å². The lowest BCUT2D eigenvalue weighted by atomic mass is 10.2. The van der Waals surface area contributed by atoms with Crippen LogP contribution in [-0.4, -0.2) is 34.2 Å². The van der Waals surface area contributed by atoms with Gasteiger partial charge >= 0.3 is 0 Å². The highest BCUT2D eigenvalue weighted by Gasteiger charge is 2.24. The van der Waals surface area contributed by atoms with E-state index in [1.807, 2.05) is 0 Å². The largest absolute Gasteiger partial charge is 0.339 e. The molecule has 0 radical (unpaired) electrons. The zero-order valence-electron chi connectivity index (χ0n) is 10.0. The lowest BCUT2D eigenvalue weighted by molar-refractivity contribution is 0.239. The van der Waals surface area contributed by atoms with Crippen molar-refractivity contribution in [1.29, 1.82) is 0 Å². The monoisotopic (exact) mass is 224 g/mol. The van der Waals surface area contributed by atoms with Crippen LogP contribution >= 0.6 is 0 Å². The van der Waals surface area contributed by atoms with Gasteiger partial charge in [0.1, 0.15) is 0 Å². The smallest absolute Gasteiger partial charge is 0.229 e. The summed E-state index contributed by atoms with van der Waals surface area (Å²) in [5.41, 5.74) is 5.73. The minimum atomic E-state index is 0.296. The van der Waals surface area contributed by atoms with Crippen LogP contribution < -0.4 is 5.73 Å². The Hall–Kier alpha value is -0.940. The highest BCUT2D eigenvalue weighted by molar-refractivity contribution is 4.92. The average molecular weight is 224 g/mol. The Kier molecular flexibility index (Phi) is 3.56. The topological polar surface area (TPSA) is 68.2 Å². The van der Waals surface area contributed by atoms with Crippen LogP contribution in [0, 0.1) is 0 Å². The highest BCUT2D eigenvalue weighted by Crippen LogP contribution is 2.19. The number of nitrogens with two attached hydrogens (primary N) is 1. The zero-order valence-corrected chi connectivity index (χ0v) is 10.0. The lowest BCUT2D eigenvalue weighted by Crippen LogP contribution is -2.35. The molecule has 2 rings (SSSR count). The Labute approximate surface area is 96.0 Å². The van der Waals surface area contributed by atoms with Crippen molar-refractivity contribution in [1.82, 2.24) is 15.0 Å². The summed E-state index contributed by atoms with van der Waals surface area (Å²) in [5.74, 6) is 1.80. The van der Waals surface area contributed by atoms with E-state index in [1.165, 1.54) is 12.8 Å². The van der Waals surface area contributed by atoms with Crippen molar-refractivity contribution in [2.45, 2.75) is 45.2 Å². The summed E-state index contributed by atoms with van der Waals surface area (Å²) in [5, 5.41) is 4.00. The maximum absolute atomic E-state index is 5.73. The number of rotatable bonds is 4. The number of hydrogen-bond acceptors (Lipinski definition) is 5. The quantitative estimate of drug-likeness (QED) is 0.830. The van der Waals surface area contributed by atoms with Crippen molar-refractivity contribution in [3.05, 3.63) is 11.7 Å². The Balaban J connectivity index is 1.97. The van der Waals surface area contributed by atoms with Gasteiger partial charge in [-0.2, -0.15) is 4.98 Å². The molecule has 90 valence electrons. The van der Waals surface area contributed by atoms with Gasteiger partial charge in [0.2, 0.25) is 5.89 Å². The Morgan fingerprint density at radius 3 is 3.00 bits per heavy atom. The van der Waals surface area contributed by atoms with Gasteiger partial charge in [-0.3, -0.25) is 4.90 Å². The van der Waals surface area contributed by atoms with Gasteiger partial charge in [0.25, 0.3) is 0 Å². The molecule has 1 saturated heterocycles. The van der Waals surface area contributed by atoms with Gasteiger partial charge in [0.05, 0.1) is 6.54 Å². The highest BCUT2D eigenvalue weighted by atomic mass is 16.5. The molecule has 5 heteroatoms. The van der Waals surface area contributed by atoms with Crippen molar-refractivity contribution in [2.75, 3.05) is 13.1 Å². The lowest BCUT2D eigenvalue weighted by Gasteiger charge is -2.20. The van der Waals surface area contributed by atoms with Gasteiger partial charge in [-0.25, -0.2) is 0 Å². The molecule has 1 unspecified atom stereocenters. The Morgan fingerprint density at radius 1 is 1.56 bits per heavy atom. The SMILES string of the molecule is CC(C)c1nc(CN2CCCC2CN)no1. The third-order valence-electron chi connectivity index (χ3n) is 3.09. The average Bonchev–Trinajstić information content (AvgIpc) is 2.87. The first-order valence-corrected chi connectivity index (χ1v) is 5.97. The normalized spacial score (nSPS) is 22.1. The molecule has 0 aliphatic carbocycles. The molecule has 0 spiro atoms. The third-order valence-corrected chi connectivity index (χ3v) is 3.09. The van der Waals surface area contributed by atoms with Crippen molar-refractivity contribution >= 4 is 0 Å². The van der Waals surface area contributed by atoms with Crippen LogP contribution in [-0.2, 0) is 6.54 Å². The second kappa shape index (κ2) is 4.93. The number of hydrogen-bond donors (Lipinski definition) is 1. The first-order valence-electron chi connectivity index (χ1n) is 5.97. The van der Waals surface area contributed by atoms with Gasteiger partial charge in [0.15, 0.2) is 5.82 Å². The van der Waals surface area contributed by atoms with Gasteiger partial charge in [-0.1, -0.05) is 19.0 Å². The van der Waals surface area contributed by atoms with Crippen LogP contribution in [0.5, 0.6) is 0 Å². The van der Waals surface area contributed by atoms with E-state index < -0.39 is 0 Å². The van der Waals surface area contributed by atoms with E-state index in [9.17, 15) is 0 Å². The molecule has 0 aromatic carbocycles. The molecule has 0 amide bonds. The second-order valence-corrected chi connectivity index (χ2v) is 4.71. The van der Waals surface area contributed by atoms with Crippen molar-refractivity contribution in [2.24, 2.45) is 5.73 Å². The van der Waals surface area contributed by atoms with E-state index in [4.69, 9.17) is 10.3 Å². The molecule has 0 bridgehead atoms. The van der Waals surface area contributed by atoms with Crippen LogP contribution in [0.15, 0.2) is 4.52 Å². The minimum Gasteiger partial charge on any atom is -0.339 e. The van der Waals surface area contributed by atoms with E-state index in [2.05, 4.69) is 28.9 Å². The molecule has 16 heavy (non-hydrogen) atoms. The second-order valence-electron chi connectivity index (χ2n) is 4.71. The molecule has 1 aliphatic heterocycles. The number of aromatic nitrogens is 2. The maximum atomic E-state index is 5.73. The number of nitrogens with zero attached hydrogens (tertiary/aromatic N) is 3. The fourth-order valence-corrected chi connectivity index (χ4v) is 2.12. The van der Waals surface area contributed by atoms with Crippen LogP contribution in [0.3, 0.4) is 0 Å². The minimum absolute atomic E-state index is 0.296.